The zero-order valence-corrected chi connectivity index (χ0v) is 15.4. The molecular weight excluding hydrogens is 288 g/mol. The van der Waals surface area contributed by atoms with Crippen LogP contribution in [0.25, 0.3) is 0 Å². The first-order valence-electron chi connectivity index (χ1n) is 9.48. The molecule has 0 bridgehead atoms. The minimum Gasteiger partial charge on any atom is -0.379 e. The molecule has 1 aliphatic heterocycles. The van der Waals surface area contributed by atoms with Crippen LogP contribution in [0.1, 0.15) is 39.5 Å². The summed E-state index contributed by atoms with van der Waals surface area (Å²) < 4.78 is 5.73. The maximum Gasteiger partial charge on any atom is 0.193 e. The Labute approximate surface area is 142 Å². The highest BCUT2D eigenvalue weighted by Crippen LogP contribution is 2.28. The molecule has 0 aromatic rings. The van der Waals surface area contributed by atoms with Crippen molar-refractivity contribution in [2.75, 3.05) is 59.5 Å². The monoisotopic (exact) mass is 324 g/mol. The number of likely N-dealkylation sites (N-methyl/N-ethyl adjacent to an activating group) is 1. The number of ether oxygens (including phenoxy) is 1. The van der Waals surface area contributed by atoms with Crippen LogP contribution < -0.4 is 5.32 Å². The molecule has 0 atom stereocenters. The number of likely N-dealkylation sites (tertiary alicyclic amines) is 1. The van der Waals surface area contributed by atoms with Crippen molar-refractivity contribution in [2.45, 2.75) is 39.5 Å². The van der Waals surface area contributed by atoms with E-state index in [9.17, 15) is 0 Å². The summed E-state index contributed by atoms with van der Waals surface area (Å²) in [6.07, 6.45) is 5.38. The average molecular weight is 325 g/mol. The molecule has 0 amide bonds. The quantitative estimate of drug-likeness (QED) is 0.400. The van der Waals surface area contributed by atoms with Crippen LogP contribution in [0, 0.1) is 11.8 Å². The molecule has 1 saturated heterocycles. The zero-order valence-electron chi connectivity index (χ0n) is 15.4. The lowest BCUT2D eigenvalue weighted by Crippen LogP contribution is -2.41. The highest BCUT2D eigenvalue weighted by molar-refractivity contribution is 5.79. The Morgan fingerprint density at radius 2 is 2.00 bits per heavy atom. The summed E-state index contributed by atoms with van der Waals surface area (Å²) in [5, 5.41) is 3.39. The molecule has 0 radical (unpaired) electrons. The molecule has 1 N–H and O–H groups in total. The molecule has 0 aromatic carbocycles. The van der Waals surface area contributed by atoms with Crippen LogP contribution in [-0.4, -0.2) is 75.3 Å². The largest absolute Gasteiger partial charge is 0.379 e. The Balaban J connectivity index is 1.65. The summed E-state index contributed by atoms with van der Waals surface area (Å²) in [6.45, 7) is 12.5. The molecule has 0 spiro atoms. The molecule has 2 fully saturated rings. The maximum atomic E-state index is 5.73. The van der Waals surface area contributed by atoms with Gasteiger partial charge in [0.05, 0.1) is 13.2 Å². The second kappa shape index (κ2) is 10.1. The van der Waals surface area contributed by atoms with E-state index in [1.165, 1.54) is 38.8 Å². The fourth-order valence-corrected chi connectivity index (χ4v) is 2.89. The van der Waals surface area contributed by atoms with Gasteiger partial charge in [0, 0.05) is 33.3 Å². The summed E-state index contributed by atoms with van der Waals surface area (Å²) in [4.78, 5) is 9.52. The van der Waals surface area contributed by atoms with E-state index < -0.39 is 0 Å². The van der Waals surface area contributed by atoms with Gasteiger partial charge in [0.2, 0.25) is 0 Å². The number of nitrogens with one attached hydrogen (secondary N) is 1. The zero-order chi connectivity index (χ0) is 16.5. The summed E-state index contributed by atoms with van der Waals surface area (Å²) >= 11 is 0. The molecule has 2 aliphatic rings. The third-order valence-electron chi connectivity index (χ3n) is 4.87. The summed E-state index contributed by atoms with van der Waals surface area (Å²) in [6, 6.07) is 0. The Bertz CT molecular complexity index is 349. The Morgan fingerprint density at radius 3 is 2.65 bits per heavy atom. The maximum absolute atomic E-state index is 5.73. The van der Waals surface area contributed by atoms with Crippen LogP contribution >= 0.6 is 0 Å². The van der Waals surface area contributed by atoms with Crippen LogP contribution in [0.3, 0.4) is 0 Å². The summed E-state index contributed by atoms with van der Waals surface area (Å²) in [5.74, 6) is 2.75. The van der Waals surface area contributed by atoms with Crippen molar-refractivity contribution in [1.29, 1.82) is 0 Å². The number of nitrogens with zero attached hydrogens (tertiary/aromatic N) is 3. The molecule has 23 heavy (non-hydrogen) atoms. The third kappa shape index (κ3) is 7.53. The molecular formula is C18H36N4O. The van der Waals surface area contributed by atoms with Crippen LogP contribution in [0.2, 0.25) is 0 Å². The minimum absolute atomic E-state index is 0.793. The van der Waals surface area contributed by atoms with E-state index in [1.54, 1.807) is 0 Å². The van der Waals surface area contributed by atoms with Crippen molar-refractivity contribution in [3.05, 3.63) is 0 Å². The second-order valence-electron chi connectivity index (χ2n) is 7.20. The average Bonchev–Trinajstić information content (AvgIpc) is 3.36. The van der Waals surface area contributed by atoms with Crippen molar-refractivity contribution in [3.63, 3.8) is 0 Å². The fourth-order valence-electron chi connectivity index (χ4n) is 2.89. The number of hydrogen-bond donors (Lipinski definition) is 1. The van der Waals surface area contributed by atoms with Crippen molar-refractivity contribution < 1.29 is 4.74 Å². The van der Waals surface area contributed by atoms with Gasteiger partial charge < -0.3 is 19.9 Å². The predicted molar refractivity (Wildman–Crippen MR) is 97.0 cm³/mol. The van der Waals surface area contributed by atoms with Gasteiger partial charge in [-0.15, -0.1) is 0 Å². The molecule has 5 heteroatoms. The van der Waals surface area contributed by atoms with Crippen molar-refractivity contribution in [2.24, 2.45) is 16.8 Å². The molecule has 1 aliphatic carbocycles. The van der Waals surface area contributed by atoms with E-state index in [2.05, 4.69) is 36.0 Å². The van der Waals surface area contributed by atoms with Gasteiger partial charge in [-0.2, -0.15) is 0 Å². The van der Waals surface area contributed by atoms with Gasteiger partial charge in [-0.3, -0.25) is 4.99 Å². The normalized spacial score (nSPS) is 20.7. The lowest BCUT2D eigenvalue weighted by molar-refractivity contribution is 0.115. The smallest absolute Gasteiger partial charge is 0.193 e. The predicted octanol–water partition coefficient (Wildman–Crippen LogP) is 2.04. The molecule has 2 rings (SSSR count). The SMILES string of the molecule is CCNC(=NCCN1CCC(C)CC1)N(C)CCOCC1CC1. The van der Waals surface area contributed by atoms with Crippen LogP contribution in [0.15, 0.2) is 4.99 Å². The molecule has 134 valence electrons. The van der Waals surface area contributed by atoms with E-state index in [0.29, 0.717) is 0 Å². The minimum atomic E-state index is 0.793. The van der Waals surface area contributed by atoms with Gasteiger partial charge in [0.15, 0.2) is 5.96 Å². The van der Waals surface area contributed by atoms with Crippen LogP contribution in [0.5, 0.6) is 0 Å². The third-order valence-corrected chi connectivity index (χ3v) is 4.87. The Morgan fingerprint density at radius 1 is 1.26 bits per heavy atom. The van der Waals surface area contributed by atoms with Crippen molar-refractivity contribution in [3.8, 4) is 0 Å². The van der Waals surface area contributed by atoms with Crippen molar-refractivity contribution in [1.82, 2.24) is 15.1 Å². The number of hydrogen-bond acceptors (Lipinski definition) is 3. The van der Waals surface area contributed by atoms with Crippen LogP contribution in [-0.2, 0) is 4.74 Å². The second-order valence-corrected chi connectivity index (χ2v) is 7.20. The number of aliphatic imine (C=N–C) groups is 1. The standard InChI is InChI=1S/C18H36N4O/c1-4-19-18(21(3)13-14-23-15-17-5-6-17)20-9-12-22-10-7-16(2)8-11-22/h16-17H,4-15H2,1-3H3,(H,19,20). The van der Waals surface area contributed by atoms with Gasteiger partial charge in [0.1, 0.15) is 0 Å². The van der Waals surface area contributed by atoms with E-state index in [1.807, 2.05) is 0 Å². The Kier molecular flexibility index (Phi) is 8.17. The van der Waals surface area contributed by atoms with Gasteiger partial charge in [-0.05, 0) is 57.5 Å². The molecule has 0 unspecified atom stereocenters. The lowest BCUT2D eigenvalue weighted by Gasteiger charge is -2.29. The van der Waals surface area contributed by atoms with E-state index in [4.69, 9.17) is 9.73 Å². The van der Waals surface area contributed by atoms with E-state index in [0.717, 1.165) is 57.2 Å². The van der Waals surface area contributed by atoms with Gasteiger partial charge in [0.25, 0.3) is 0 Å². The number of guanidine groups is 1. The van der Waals surface area contributed by atoms with Gasteiger partial charge in [-0.25, -0.2) is 0 Å². The van der Waals surface area contributed by atoms with E-state index >= 15 is 0 Å². The summed E-state index contributed by atoms with van der Waals surface area (Å²) in [5.41, 5.74) is 0. The van der Waals surface area contributed by atoms with E-state index in [-0.39, 0.29) is 0 Å². The first-order chi connectivity index (χ1) is 11.2. The highest BCUT2D eigenvalue weighted by Gasteiger charge is 2.21. The Hall–Kier alpha value is -0.810. The molecule has 1 heterocycles. The lowest BCUT2D eigenvalue weighted by atomic mass is 9.99. The highest BCUT2D eigenvalue weighted by atomic mass is 16.5. The molecule has 1 saturated carbocycles. The molecule has 5 nitrogen and oxygen atoms in total. The fraction of sp³-hybridized carbons (Fsp3) is 0.944. The topological polar surface area (TPSA) is 40.1 Å². The summed E-state index contributed by atoms with van der Waals surface area (Å²) in [7, 11) is 2.10. The number of piperidine rings is 1. The first-order valence-corrected chi connectivity index (χ1v) is 9.48. The van der Waals surface area contributed by atoms with Gasteiger partial charge in [-0.1, -0.05) is 6.92 Å². The van der Waals surface area contributed by atoms with Crippen molar-refractivity contribution >= 4 is 5.96 Å². The van der Waals surface area contributed by atoms with Crippen LogP contribution in [0.4, 0.5) is 0 Å². The first kappa shape index (κ1) is 18.5. The number of rotatable bonds is 9. The van der Waals surface area contributed by atoms with Gasteiger partial charge >= 0.3 is 0 Å². The molecule has 0 aromatic heterocycles.